The van der Waals surface area contributed by atoms with Gasteiger partial charge in [0.1, 0.15) is 11.5 Å². The molecule has 0 bridgehead atoms. The lowest BCUT2D eigenvalue weighted by molar-refractivity contribution is -0.120. The minimum Gasteiger partial charge on any atom is -0.496 e. The smallest absolute Gasteiger partial charge is 0.335 e. The van der Waals surface area contributed by atoms with Gasteiger partial charge in [-0.2, -0.15) is 0 Å². The van der Waals surface area contributed by atoms with Crippen LogP contribution in [0, 0.1) is 13.8 Å². The van der Waals surface area contributed by atoms with Crippen LogP contribution in [0.25, 0.3) is 0 Å². The quantitative estimate of drug-likeness (QED) is 0.803. The minimum absolute atomic E-state index is 0.120. The molecule has 2 aromatic rings. The molecule has 2 N–H and O–H groups in total. The number of aryl methyl sites for hydroxylation is 2. The standard InChI is InChI=1S/C17H20N2O5/c1-10-14(11(2)24-19-10)9-16(20)18-7-6-12-4-5-13(17(21)22)8-15(12)23-3/h4-5,8H,6-7,9H2,1-3H3,(H,18,20)(H,21,22). The number of amides is 1. The molecule has 1 aromatic carbocycles. The molecular formula is C17H20N2O5. The number of ether oxygens (including phenoxy) is 1. The van der Waals surface area contributed by atoms with Crippen molar-refractivity contribution >= 4 is 11.9 Å². The van der Waals surface area contributed by atoms with Crippen LogP contribution in [0.2, 0.25) is 0 Å². The molecule has 128 valence electrons. The Morgan fingerprint density at radius 1 is 1.33 bits per heavy atom. The van der Waals surface area contributed by atoms with Gasteiger partial charge in [-0.3, -0.25) is 4.79 Å². The molecule has 0 saturated carbocycles. The number of carbonyl (C=O) groups excluding carboxylic acids is 1. The van der Waals surface area contributed by atoms with Crippen LogP contribution in [-0.4, -0.2) is 35.8 Å². The minimum atomic E-state index is -1.01. The van der Waals surface area contributed by atoms with Crippen molar-refractivity contribution in [3.63, 3.8) is 0 Å². The van der Waals surface area contributed by atoms with Crippen LogP contribution in [0.1, 0.15) is 32.9 Å². The summed E-state index contributed by atoms with van der Waals surface area (Å²) >= 11 is 0. The zero-order valence-corrected chi connectivity index (χ0v) is 13.9. The van der Waals surface area contributed by atoms with E-state index in [0.717, 1.165) is 11.1 Å². The molecule has 0 unspecified atom stereocenters. The van der Waals surface area contributed by atoms with E-state index in [4.69, 9.17) is 14.4 Å². The Morgan fingerprint density at radius 2 is 2.08 bits per heavy atom. The van der Waals surface area contributed by atoms with Gasteiger partial charge in [0.2, 0.25) is 5.91 Å². The fraction of sp³-hybridized carbons (Fsp3) is 0.353. The fourth-order valence-corrected chi connectivity index (χ4v) is 2.40. The number of nitrogens with one attached hydrogen (secondary N) is 1. The van der Waals surface area contributed by atoms with Gasteiger partial charge in [-0.25, -0.2) is 4.79 Å². The molecule has 7 nitrogen and oxygen atoms in total. The monoisotopic (exact) mass is 332 g/mol. The maximum absolute atomic E-state index is 12.0. The zero-order valence-electron chi connectivity index (χ0n) is 13.9. The molecule has 0 aliphatic carbocycles. The number of hydrogen-bond acceptors (Lipinski definition) is 5. The second kappa shape index (κ2) is 7.63. The third-order valence-corrected chi connectivity index (χ3v) is 3.77. The number of benzene rings is 1. The maximum atomic E-state index is 12.0. The second-order valence-electron chi connectivity index (χ2n) is 5.41. The highest BCUT2D eigenvalue weighted by atomic mass is 16.5. The number of aromatic carboxylic acids is 1. The average molecular weight is 332 g/mol. The molecule has 0 aliphatic heterocycles. The van der Waals surface area contributed by atoms with Crippen LogP contribution in [0.4, 0.5) is 0 Å². The van der Waals surface area contributed by atoms with E-state index in [0.29, 0.717) is 30.2 Å². The first-order valence-electron chi connectivity index (χ1n) is 7.51. The summed E-state index contributed by atoms with van der Waals surface area (Å²) in [7, 11) is 1.49. The number of carboxylic acids is 1. The third-order valence-electron chi connectivity index (χ3n) is 3.77. The number of methoxy groups -OCH3 is 1. The van der Waals surface area contributed by atoms with E-state index in [-0.39, 0.29) is 17.9 Å². The summed E-state index contributed by atoms with van der Waals surface area (Å²) in [6, 6.07) is 4.69. The van der Waals surface area contributed by atoms with Crippen molar-refractivity contribution in [2.75, 3.05) is 13.7 Å². The number of carbonyl (C=O) groups is 2. The number of hydrogen-bond donors (Lipinski definition) is 2. The van der Waals surface area contributed by atoms with E-state index in [1.54, 1.807) is 19.9 Å². The summed E-state index contributed by atoms with van der Waals surface area (Å²) in [5.41, 5.74) is 2.52. The molecule has 0 saturated heterocycles. The fourth-order valence-electron chi connectivity index (χ4n) is 2.40. The highest BCUT2D eigenvalue weighted by Crippen LogP contribution is 2.20. The second-order valence-corrected chi connectivity index (χ2v) is 5.41. The van der Waals surface area contributed by atoms with E-state index < -0.39 is 5.97 Å². The molecule has 0 aliphatic rings. The van der Waals surface area contributed by atoms with Crippen LogP contribution in [0.3, 0.4) is 0 Å². The molecule has 0 atom stereocenters. The van der Waals surface area contributed by atoms with Crippen LogP contribution in [0.5, 0.6) is 5.75 Å². The molecule has 0 radical (unpaired) electrons. The Labute approximate surface area is 139 Å². The molecule has 0 spiro atoms. The van der Waals surface area contributed by atoms with Gasteiger partial charge in [-0.1, -0.05) is 11.2 Å². The number of carboxylic acid groups (broad SMARTS) is 1. The molecule has 2 rings (SSSR count). The van der Waals surface area contributed by atoms with Gasteiger partial charge in [0, 0.05) is 12.1 Å². The van der Waals surface area contributed by atoms with Crippen molar-refractivity contribution in [2.45, 2.75) is 26.7 Å². The molecule has 1 aromatic heterocycles. The van der Waals surface area contributed by atoms with Crippen molar-refractivity contribution < 1.29 is 24.0 Å². The van der Waals surface area contributed by atoms with Gasteiger partial charge in [0.25, 0.3) is 0 Å². The lowest BCUT2D eigenvalue weighted by atomic mass is 10.1. The molecule has 24 heavy (non-hydrogen) atoms. The molecule has 0 fully saturated rings. The van der Waals surface area contributed by atoms with Crippen LogP contribution in [0.15, 0.2) is 22.7 Å². The van der Waals surface area contributed by atoms with Gasteiger partial charge in [-0.15, -0.1) is 0 Å². The Balaban J connectivity index is 1.92. The predicted molar refractivity (Wildman–Crippen MR) is 86.3 cm³/mol. The van der Waals surface area contributed by atoms with Crippen molar-refractivity contribution in [3.8, 4) is 5.75 Å². The number of nitrogens with zero attached hydrogens (tertiary/aromatic N) is 1. The Kier molecular flexibility index (Phi) is 5.57. The van der Waals surface area contributed by atoms with Crippen molar-refractivity contribution in [1.29, 1.82) is 0 Å². The van der Waals surface area contributed by atoms with Crippen molar-refractivity contribution in [1.82, 2.24) is 10.5 Å². The summed E-state index contributed by atoms with van der Waals surface area (Å²) in [5, 5.41) is 15.6. The lowest BCUT2D eigenvalue weighted by Gasteiger charge is -2.10. The molecule has 7 heteroatoms. The highest BCUT2D eigenvalue weighted by molar-refractivity contribution is 5.88. The Hall–Kier alpha value is -2.83. The summed E-state index contributed by atoms with van der Waals surface area (Å²) in [4.78, 5) is 23.0. The zero-order chi connectivity index (χ0) is 17.7. The summed E-state index contributed by atoms with van der Waals surface area (Å²) in [5.74, 6) is 0.0154. The highest BCUT2D eigenvalue weighted by Gasteiger charge is 2.14. The van der Waals surface area contributed by atoms with Crippen LogP contribution < -0.4 is 10.1 Å². The van der Waals surface area contributed by atoms with Gasteiger partial charge >= 0.3 is 5.97 Å². The first-order chi connectivity index (χ1) is 11.4. The summed E-state index contributed by atoms with van der Waals surface area (Å²) in [6.45, 7) is 4.00. The van der Waals surface area contributed by atoms with Crippen LogP contribution in [-0.2, 0) is 17.6 Å². The Morgan fingerprint density at radius 3 is 2.67 bits per heavy atom. The van der Waals surface area contributed by atoms with Gasteiger partial charge in [0.05, 0.1) is 24.8 Å². The molecular weight excluding hydrogens is 312 g/mol. The molecule has 1 heterocycles. The first-order valence-corrected chi connectivity index (χ1v) is 7.51. The number of aromatic nitrogens is 1. The van der Waals surface area contributed by atoms with Crippen LogP contribution >= 0.6 is 0 Å². The van der Waals surface area contributed by atoms with E-state index in [1.165, 1.54) is 19.2 Å². The number of rotatable bonds is 7. The van der Waals surface area contributed by atoms with Gasteiger partial charge < -0.3 is 19.7 Å². The predicted octanol–water partition coefficient (Wildman–Crippen LogP) is 1.90. The van der Waals surface area contributed by atoms with E-state index in [1.807, 2.05) is 0 Å². The topological polar surface area (TPSA) is 102 Å². The SMILES string of the molecule is COc1cc(C(=O)O)ccc1CCNC(=O)Cc1c(C)noc1C. The van der Waals surface area contributed by atoms with E-state index in [2.05, 4.69) is 10.5 Å². The summed E-state index contributed by atoms with van der Waals surface area (Å²) < 4.78 is 10.2. The van der Waals surface area contributed by atoms with Crippen molar-refractivity contribution in [2.24, 2.45) is 0 Å². The van der Waals surface area contributed by atoms with E-state index in [9.17, 15) is 9.59 Å². The van der Waals surface area contributed by atoms with Crippen molar-refractivity contribution in [3.05, 3.63) is 46.3 Å². The lowest BCUT2D eigenvalue weighted by Crippen LogP contribution is -2.27. The normalized spacial score (nSPS) is 10.5. The average Bonchev–Trinajstić information content (AvgIpc) is 2.86. The largest absolute Gasteiger partial charge is 0.496 e. The van der Waals surface area contributed by atoms with Gasteiger partial charge in [-0.05, 0) is 38.0 Å². The Bertz CT molecular complexity index is 732. The van der Waals surface area contributed by atoms with Gasteiger partial charge in [0.15, 0.2) is 0 Å². The maximum Gasteiger partial charge on any atom is 0.335 e. The van der Waals surface area contributed by atoms with E-state index >= 15 is 0 Å². The third kappa shape index (κ3) is 4.13. The molecule has 1 amide bonds. The summed E-state index contributed by atoms with van der Waals surface area (Å²) in [6.07, 6.45) is 0.757. The first kappa shape index (κ1) is 17.5.